The van der Waals surface area contributed by atoms with Crippen molar-refractivity contribution in [3.63, 3.8) is 0 Å². The Morgan fingerprint density at radius 3 is 1.45 bits per heavy atom. The predicted octanol–water partition coefficient (Wildman–Crippen LogP) is 6.93. The number of alkyl halides is 1. The lowest BCUT2D eigenvalue weighted by molar-refractivity contribution is -0.120. The van der Waals surface area contributed by atoms with Crippen LogP contribution in [0.4, 0.5) is 0 Å². The molecule has 1 aromatic carbocycles. The fourth-order valence-electron chi connectivity index (χ4n) is 1.53. The Kier molecular flexibility index (Phi) is 15.2. The molecule has 0 radical (unpaired) electrons. The first kappa shape index (κ1) is 23.7. The van der Waals surface area contributed by atoms with Crippen molar-refractivity contribution < 1.29 is 4.79 Å². The van der Waals surface area contributed by atoms with E-state index in [1.807, 2.05) is 45.0 Å². The summed E-state index contributed by atoms with van der Waals surface area (Å²) in [6.07, 6.45) is 1.50. The third kappa shape index (κ3) is 21.8. The van der Waals surface area contributed by atoms with Crippen LogP contribution in [0.2, 0.25) is 5.02 Å². The van der Waals surface area contributed by atoms with Crippen LogP contribution in [0.3, 0.4) is 0 Å². The van der Waals surface area contributed by atoms with Gasteiger partial charge in [0.15, 0.2) is 0 Å². The summed E-state index contributed by atoms with van der Waals surface area (Å²) < 4.78 is 0. The summed E-state index contributed by atoms with van der Waals surface area (Å²) in [5.74, 6) is 1.45. The fraction of sp³-hybridized carbons (Fsp3) is 0.632. The van der Waals surface area contributed by atoms with Gasteiger partial charge in [0, 0.05) is 23.2 Å². The zero-order valence-corrected chi connectivity index (χ0v) is 16.6. The van der Waals surface area contributed by atoms with Gasteiger partial charge in [-0.1, -0.05) is 57.0 Å². The highest BCUT2D eigenvalue weighted by molar-refractivity contribution is 6.30. The summed E-state index contributed by atoms with van der Waals surface area (Å²) in [5, 5.41) is 1.11. The first-order chi connectivity index (χ1) is 10.0. The second-order valence-electron chi connectivity index (χ2n) is 6.54. The number of benzene rings is 1. The number of carbonyl (C=O) groups is 1. The van der Waals surface area contributed by atoms with E-state index in [9.17, 15) is 4.79 Å². The highest BCUT2D eigenvalue weighted by Gasteiger charge is 2.06. The molecule has 1 aromatic rings. The molecule has 0 fully saturated rings. The van der Waals surface area contributed by atoms with Crippen LogP contribution in [0.25, 0.3) is 0 Å². The SMILES string of the molecule is CC(C)CC(=O)CC(C)C.CC(C)Cl.Cc1ccc(Cl)cc1. The van der Waals surface area contributed by atoms with Crippen molar-refractivity contribution in [1.29, 1.82) is 0 Å². The van der Waals surface area contributed by atoms with Crippen molar-refractivity contribution in [3.05, 3.63) is 34.9 Å². The first-order valence-corrected chi connectivity index (χ1v) is 8.73. The minimum absolute atomic E-state index is 0.306. The minimum Gasteiger partial charge on any atom is -0.300 e. The van der Waals surface area contributed by atoms with Crippen LogP contribution in [0, 0.1) is 18.8 Å². The molecule has 0 aliphatic heterocycles. The predicted molar refractivity (Wildman–Crippen MR) is 101 cm³/mol. The molecular weight excluding hydrogens is 315 g/mol. The molecule has 0 spiro atoms. The van der Waals surface area contributed by atoms with Crippen molar-refractivity contribution in [2.24, 2.45) is 11.8 Å². The van der Waals surface area contributed by atoms with Gasteiger partial charge in [-0.15, -0.1) is 11.6 Å². The molecular formula is C19H32Cl2O. The Morgan fingerprint density at radius 1 is 0.909 bits per heavy atom. The molecule has 0 atom stereocenters. The van der Waals surface area contributed by atoms with Crippen LogP contribution in [0.5, 0.6) is 0 Å². The van der Waals surface area contributed by atoms with Crippen LogP contribution in [-0.4, -0.2) is 11.2 Å². The molecule has 0 unspecified atom stereocenters. The number of halogens is 2. The third-order valence-corrected chi connectivity index (χ3v) is 2.53. The average Bonchev–Trinajstić information content (AvgIpc) is 2.31. The summed E-state index contributed by atoms with van der Waals surface area (Å²) in [4.78, 5) is 11.1. The number of Topliss-reactive ketones (excluding diaryl/α,β-unsaturated/α-hetero) is 1. The second kappa shape index (κ2) is 14.1. The highest BCUT2D eigenvalue weighted by atomic mass is 35.5. The highest BCUT2D eigenvalue weighted by Crippen LogP contribution is 2.08. The molecule has 0 saturated heterocycles. The first-order valence-electron chi connectivity index (χ1n) is 7.92. The third-order valence-electron chi connectivity index (χ3n) is 2.28. The lowest BCUT2D eigenvalue weighted by Crippen LogP contribution is -2.05. The van der Waals surface area contributed by atoms with E-state index in [4.69, 9.17) is 23.2 Å². The molecule has 0 aromatic heterocycles. The zero-order valence-electron chi connectivity index (χ0n) is 15.1. The minimum atomic E-state index is 0.306. The van der Waals surface area contributed by atoms with Crippen LogP contribution in [0.15, 0.2) is 24.3 Å². The molecule has 0 aliphatic carbocycles. The van der Waals surface area contributed by atoms with E-state index in [-0.39, 0.29) is 0 Å². The average molecular weight is 347 g/mol. The number of aryl methyl sites for hydroxylation is 1. The molecule has 1 rings (SSSR count). The van der Waals surface area contributed by atoms with Crippen molar-refractivity contribution in [3.8, 4) is 0 Å². The van der Waals surface area contributed by atoms with Crippen molar-refractivity contribution in [1.82, 2.24) is 0 Å². The van der Waals surface area contributed by atoms with E-state index >= 15 is 0 Å². The van der Waals surface area contributed by atoms with E-state index < -0.39 is 0 Å². The van der Waals surface area contributed by atoms with Gasteiger partial charge in [-0.25, -0.2) is 0 Å². The van der Waals surface area contributed by atoms with Crippen LogP contribution in [0.1, 0.15) is 59.9 Å². The number of hydrogen-bond donors (Lipinski definition) is 0. The molecule has 0 heterocycles. The smallest absolute Gasteiger partial charge is 0.133 e. The van der Waals surface area contributed by atoms with E-state index in [0.29, 0.717) is 23.0 Å². The number of rotatable bonds is 4. The lowest BCUT2D eigenvalue weighted by atomic mass is 10.00. The van der Waals surface area contributed by atoms with Crippen molar-refractivity contribution in [2.75, 3.05) is 0 Å². The summed E-state index contributed by atoms with van der Waals surface area (Å²) in [6, 6.07) is 7.75. The fourth-order valence-corrected chi connectivity index (χ4v) is 1.65. The molecule has 0 N–H and O–H groups in total. The topological polar surface area (TPSA) is 17.1 Å². The summed E-state index contributed by atoms with van der Waals surface area (Å²) >= 11 is 10.9. The number of ketones is 1. The number of hydrogen-bond acceptors (Lipinski definition) is 1. The van der Waals surface area contributed by atoms with Gasteiger partial charge in [-0.2, -0.15) is 0 Å². The Labute approximate surface area is 147 Å². The standard InChI is InChI=1S/C9H18O.C7H7Cl.C3H7Cl/c1-7(2)5-9(10)6-8(3)4;1-6-2-4-7(8)5-3-6;1-3(2)4/h7-8H,5-6H2,1-4H3;2-5H,1H3;3H,1-2H3. The maximum absolute atomic E-state index is 11.1. The molecule has 0 bridgehead atoms. The monoisotopic (exact) mass is 346 g/mol. The van der Waals surface area contributed by atoms with Crippen LogP contribution < -0.4 is 0 Å². The molecule has 128 valence electrons. The summed E-state index contributed by atoms with van der Waals surface area (Å²) in [5.41, 5.74) is 1.24. The normalized spacial score (nSPS) is 10.0. The second-order valence-corrected chi connectivity index (χ2v) is 7.85. The summed E-state index contributed by atoms with van der Waals surface area (Å²) in [7, 11) is 0. The van der Waals surface area contributed by atoms with Crippen LogP contribution in [-0.2, 0) is 4.79 Å². The van der Waals surface area contributed by atoms with Gasteiger partial charge < -0.3 is 0 Å². The Hall–Kier alpha value is -0.530. The van der Waals surface area contributed by atoms with Gasteiger partial charge >= 0.3 is 0 Å². The van der Waals surface area contributed by atoms with E-state index in [1.165, 1.54) is 5.56 Å². The van der Waals surface area contributed by atoms with Gasteiger partial charge in [-0.3, -0.25) is 4.79 Å². The maximum Gasteiger partial charge on any atom is 0.133 e. The molecule has 22 heavy (non-hydrogen) atoms. The maximum atomic E-state index is 11.1. The zero-order chi connectivity index (χ0) is 17.7. The van der Waals surface area contributed by atoms with Gasteiger partial charge in [0.2, 0.25) is 0 Å². The molecule has 0 amide bonds. The van der Waals surface area contributed by atoms with E-state index in [2.05, 4.69) is 27.7 Å². The van der Waals surface area contributed by atoms with Crippen molar-refractivity contribution in [2.45, 2.75) is 66.7 Å². The summed E-state index contributed by atoms with van der Waals surface area (Å²) in [6.45, 7) is 14.2. The Bertz CT molecular complexity index is 345. The lowest BCUT2D eigenvalue weighted by Gasteiger charge is -2.05. The molecule has 0 saturated carbocycles. The van der Waals surface area contributed by atoms with Crippen molar-refractivity contribution >= 4 is 29.0 Å². The van der Waals surface area contributed by atoms with Gasteiger partial charge in [0.05, 0.1) is 0 Å². The van der Waals surface area contributed by atoms with Crippen LogP contribution >= 0.6 is 23.2 Å². The largest absolute Gasteiger partial charge is 0.300 e. The van der Waals surface area contributed by atoms with E-state index in [1.54, 1.807) is 0 Å². The number of carbonyl (C=O) groups excluding carboxylic acids is 1. The van der Waals surface area contributed by atoms with Gasteiger partial charge in [0.25, 0.3) is 0 Å². The molecule has 1 nitrogen and oxygen atoms in total. The van der Waals surface area contributed by atoms with E-state index in [0.717, 1.165) is 17.9 Å². The Balaban J connectivity index is 0. The van der Waals surface area contributed by atoms with Gasteiger partial charge in [0.1, 0.15) is 5.78 Å². The quantitative estimate of drug-likeness (QED) is 0.540. The van der Waals surface area contributed by atoms with Gasteiger partial charge in [-0.05, 0) is 44.7 Å². The molecule has 3 heteroatoms. The Morgan fingerprint density at radius 2 is 1.23 bits per heavy atom. The molecule has 0 aliphatic rings.